The van der Waals surface area contributed by atoms with E-state index in [1.54, 1.807) is 16.8 Å². The van der Waals surface area contributed by atoms with Crippen molar-refractivity contribution in [2.24, 2.45) is 17.9 Å². The minimum Gasteiger partial charge on any atom is -0.409 e. The normalized spacial score (nSPS) is 12.3. The summed E-state index contributed by atoms with van der Waals surface area (Å²) in [5, 5.41) is 12.1. The minimum absolute atomic E-state index is 0.0220. The van der Waals surface area contributed by atoms with E-state index in [2.05, 4.69) is 5.16 Å². The number of oxime groups is 1. The van der Waals surface area contributed by atoms with Crippen molar-refractivity contribution in [1.29, 1.82) is 0 Å². The van der Waals surface area contributed by atoms with Crippen molar-refractivity contribution in [3.05, 3.63) is 35.8 Å². The van der Waals surface area contributed by atoms with Gasteiger partial charge in [-0.25, -0.2) is 4.39 Å². The summed E-state index contributed by atoms with van der Waals surface area (Å²) in [4.78, 5) is 0. The van der Waals surface area contributed by atoms with Crippen LogP contribution in [0.3, 0.4) is 0 Å². The molecule has 0 fully saturated rings. The Hall–Kier alpha value is -2.04. The summed E-state index contributed by atoms with van der Waals surface area (Å²) in [6.45, 7) is 0. The summed E-state index contributed by atoms with van der Waals surface area (Å²) in [7, 11) is 1.81. The molecule has 0 unspecified atom stereocenters. The number of nitrogens with two attached hydrogens (primary N) is 1. The number of rotatable bonds is 1. The van der Waals surface area contributed by atoms with Gasteiger partial charge in [0.2, 0.25) is 0 Å². The van der Waals surface area contributed by atoms with Crippen LogP contribution in [-0.4, -0.2) is 15.6 Å². The molecule has 15 heavy (non-hydrogen) atoms. The Labute approximate surface area is 85.4 Å². The maximum Gasteiger partial charge on any atom is 0.172 e. The fourth-order valence-electron chi connectivity index (χ4n) is 1.62. The molecule has 1 aromatic carbocycles. The molecule has 3 N–H and O–H groups in total. The third kappa shape index (κ3) is 1.41. The molecule has 0 amide bonds. The SMILES string of the molecule is Cn1cc(C(N)=NO)c2cc(F)ccc21. The highest BCUT2D eigenvalue weighted by Gasteiger charge is 2.10. The van der Waals surface area contributed by atoms with Crippen molar-refractivity contribution >= 4 is 16.7 Å². The molecule has 5 heteroatoms. The predicted molar refractivity (Wildman–Crippen MR) is 55.4 cm³/mol. The highest BCUT2D eigenvalue weighted by atomic mass is 19.1. The molecule has 2 aromatic rings. The van der Waals surface area contributed by atoms with Gasteiger partial charge in [0.1, 0.15) is 5.82 Å². The third-order valence-corrected chi connectivity index (χ3v) is 2.34. The van der Waals surface area contributed by atoms with Crippen LogP contribution in [0.25, 0.3) is 10.9 Å². The smallest absolute Gasteiger partial charge is 0.172 e. The number of benzene rings is 1. The molecule has 0 saturated heterocycles. The topological polar surface area (TPSA) is 63.5 Å². The standard InChI is InChI=1S/C10H10FN3O/c1-14-5-8(10(12)13-15)7-4-6(11)2-3-9(7)14/h2-5,15H,1H3,(H2,12,13). The van der Waals surface area contributed by atoms with E-state index in [4.69, 9.17) is 10.9 Å². The zero-order valence-electron chi connectivity index (χ0n) is 8.11. The zero-order valence-corrected chi connectivity index (χ0v) is 8.11. The number of halogens is 1. The van der Waals surface area contributed by atoms with Crippen LogP contribution in [-0.2, 0) is 7.05 Å². The van der Waals surface area contributed by atoms with Gasteiger partial charge in [0.25, 0.3) is 0 Å². The van der Waals surface area contributed by atoms with E-state index in [1.165, 1.54) is 12.1 Å². The van der Waals surface area contributed by atoms with Crippen molar-refractivity contribution in [3.63, 3.8) is 0 Å². The van der Waals surface area contributed by atoms with Crippen molar-refractivity contribution in [3.8, 4) is 0 Å². The lowest BCUT2D eigenvalue weighted by Gasteiger charge is -1.96. The van der Waals surface area contributed by atoms with Gasteiger partial charge in [-0.3, -0.25) is 0 Å². The molecule has 0 aliphatic carbocycles. The number of aromatic nitrogens is 1. The molecule has 78 valence electrons. The molecule has 4 nitrogen and oxygen atoms in total. The number of hydrogen-bond donors (Lipinski definition) is 2. The number of hydrogen-bond acceptors (Lipinski definition) is 2. The second-order valence-electron chi connectivity index (χ2n) is 3.30. The van der Waals surface area contributed by atoms with Crippen LogP contribution in [0.5, 0.6) is 0 Å². The van der Waals surface area contributed by atoms with Gasteiger partial charge in [-0.2, -0.15) is 0 Å². The van der Waals surface area contributed by atoms with E-state index in [9.17, 15) is 4.39 Å². The first kappa shape index (κ1) is 9.51. The second kappa shape index (κ2) is 3.27. The van der Waals surface area contributed by atoms with Crippen LogP contribution in [0.4, 0.5) is 4.39 Å². The lowest BCUT2D eigenvalue weighted by atomic mass is 10.1. The van der Waals surface area contributed by atoms with Crippen LogP contribution in [0.15, 0.2) is 29.6 Å². The molecule has 0 radical (unpaired) electrons. The minimum atomic E-state index is -0.347. The van der Waals surface area contributed by atoms with Crippen LogP contribution < -0.4 is 5.73 Å². The van der Waals surface area contributed by atoms with Gasteiger partial charge in [-0.1, -0.05) is 5.16 Å². The molecule has 0 aliphatic rings. The Morgan fingerprint density at radius 1 is 1.53 bits per heavy atom. The second-order valence-corrected chi connectivity index (χ2v) is 3.30. The quantitative estimate of drug-likeness (QED) is 0.321. The zero-order chi connectivity index (χ0) is 11.0. The lowest BCUT2D eigenvalue weighted by Crippen LogP contribution is -2.12. The first-order chi connectivity index (χ1) is 7.13. The van der Waals surface area contributed by atoms with E-state index in [-0.39, 0.29) is 11.7 Å². The lowest BCUT2D eigenvalue weighted by molar-refractivity contribution is 0.318. The molecule has 0 atom stereocenters. The van der Waals surface area contributed by atoms with Gasteiger partial charge in [0, 0.05) is 29.7 Å². The van der Waals surface area contributed by atoms with Crippen LogP contribution in [0.1, 0.15) is 5.56 Å². The molecule has 2 rings (SSSR count). The fourth-order valence-corrected chi connectivity index (χ4v) is 1.62. The van der Waals surface area contributed by atoms with Gasteiger partial charge < -0.3 is 15.5 Å². The van der Waals surface area contributed by atoms with Crippen molar-refractivity contribution in [2.45, 2.75) is 0 Å². The Morgan fingerprint density at radius 2 is 2.27 bits per heavy atom. The summed E-state index contributed by atoms with van der Waals surface area (Å²) in [6, 6.07) is 4.39. The van der Waals surface area contributed by atoms with Gasteiger partial charge in [0.15, 0.2) is 5.84 Å². The number of aryl methyl sites for hydroxylation is 1. The van der Waals surface area contributed by atoms with Crippen molar-refractivity contribution in [2.75, 3.05) is 0 Å². The molecule has 0 aliphatic heterocycles. The van der Waals surface area contributed by atoms with E-state index < -0.39 is 0 Å². The van der Waals surface area contributed by atoms with Gasteiger partial charge >= 0.3 is 0 Å². The van der Waals surface area contributed by atoms with Gasteiger partial charge in [-0.05, 0) is 18.2 Å². The molecule has 1 heterocycles. The van der Waals surface area contributed by atoms with Crippen molar-refractivity contribution in [1.82, 2.24) is 4.57 Å². The van der Waals surface area contributed by atoms with E-state index in [0.29, 0.717) is 10.9 Å². The summed E-state index contributed by atoms with van der Waals surface area (Å²) in [5.41, 5.74) is 6.84. The summed E-state index contributed by atoms with van der Waals surface area (Å²) >= 11 is 0. The van der Waals surface area contributed by atoms with E-state index in [1.807, 2.05) is 7.05 Å². The molecule has 1 aromatic heterocycles. The maximum atomic E-state index is 13.0. The third-order valence-electron chi connectivity index (χ3n) is 2.34. The first-order valence-electron chi connectivity index (χ1n) is 4.36. The molecule has 0 bridgehead atoms. The van der Waals surface area contributed by atoms with Crippen LogP contribution in [0, 0.1) is 5.82 Å². The van der Waals surface area contributed by atoms with Crippen LogP contribution in [0.2, 0.25) is 0 Å². The molecule has 0 spiro atoms. The van der Waals surface area contributed by atoms with Gasteiger partial charge in [0.05, 0.1) is 0 Å². The Kier molecular flexibility index (Phi) is 2.07. The highest BCUT2D eigenvalue weighted by molar-refractivity contribution is 6.08. The first-order valence-corrected chi connectivity index (χ1v) is 4.36. The summed E-state index contributed by atoms with van der Waals surface area (Å²) < 4.78 is 14.8. The predicted octanol–water partition coefficient (Wildman–Crippen LogP) is 1.41. The fraction of sp³-hybridized carbons (Fsp3) is 0.100. The average Bonchev–Trinajstić information content (AvgIpc) is 2.54. The Bertz CT molecular complexity index is 545. The summed E-state index contributed by atoms with van der Waals surface area (Å²) in [5.74, 6) is -0.369. The molecular formula is C10H10FN3O. The van der Waals surface area contributed by atoms with Crippen LogP contribution >= 0.6 is 0 Å². The highest BCUT2D eigenvalue weighted by Crippen LogP contribution is 2.21. The Morgan fingerprint density at radius 3 is 2.93 bits per heavy atom. The number of nitrogens with zero attached hydrogens (tertiary/aromatic N) is 2. The van der Waals surface area contributed by atoms with E-state index in [0.717, 1.165) is 5.52 Å². The van der Waals surface area contributed by atoms with Gasteiger partial charge in [-0.15, -0.1) is 0 Å². The average molecular weight is 207 g/mol. The Balaban J connectivity index is 2.81. The van der Waals surface area contributed by atoms with Crippen molar-refractivity contribution < 1.29 is 9.60 Å². The summed E-state index contributed by atoms with van der Waals surface area (Å²) in [6.07, 6.45) is 1.69. The molecule has 0 saturated carbocycles. The largest absolute Gasteiger partial charge is 0.409 e. The molecular weight excluding hydrogens is 197 g/mol. The number of amidine groups is 1. The monoisotopic (exact) mass is 207 g/mol. The maximum absolute atomic E-state index is 13.0. The number of fused-ring (bicyclic) bond motifs is 1. The van der Waals surface area contributed by atoms with E-state index >= 15 is 0 Å².